The minimum Gasteiger partial charge on any atom is -1.00 e. The Bertz CT molecular complexity index is 169. The third-order valence-electron chi connectivity index (χ3n) is 4.69. The summed E-state index contributed by atoms with van der Waals surface area (Å²) in [6, 6.07) is 1.04. The highest BCUT2D eigenvalue weighted by molar-refractivity contribution is 4.69. The Labute approximate surface area is 112 Å². The molecular weight excluding hydrogens is 297 g/mol. The first-order valence-electron chi connectivity index (χ1n) is 6.73. The van der Waals surface area contributed by atoms with Gasteiger partial charge in [-0.2, -0.15) is 0 Å². The average Bonchev–Trinajstić information content (AvgIpc) is 2.31. The van der Waals surface area contributed by atoms with E-state index in [1.54, 1.807) is 0 Å². The van der Waals surface area contributed by atoms with Crippen molar-refractivity contribution in [3.8, 4) is 0 Å². The fourth-order valence-electron chi connectivity index (χ4n) is 3.71. The molecular formula is C13H26IN. The summed E-state index contributed by atoms with van der Waals surface area (Å²) in [4.78, 5) is 0. The molecule has 2 aliphatic rings. The zero-order chi connectivity index (χ0) is 9.86. The minimum atomic E-state index is 0. The van der Waals surface area contributed by atoms with Crippen LogP contribution in [0.25, 0.3) is 0 Å². The molecule has 2 rings (SSSR count). The van der Waals surface area contributed by atoms with Crippen LogP contribution in [0.2, 0.25) is 0 Å². The van der Waals surface area contributed by atoms with Crippen LogP contribution in [-0.4, -0.2) is 30.2 Å². The fraction of sp³-hybridized carbons (Fsp3) is 1.00. The molecule has 1 heterocycles. The topological polar surface area (TPSA) is 0 Å². The van der Waals surface area contributed by atoms with E-state index in [2.05, 4.69) is 6.92 Å². The molecule has 1 aliphatic heterocycles. The molecule has 0 aromatic rings. The summed E-state index contributed by atoms with van der Waals surface area (Å²) in [6.45, 7) is 6.78. The molecule has 1 nitrogen and oxygen atoms in total. The number of quaternary nitrogens is 1. The van der Waals surface area contributed by atoms with Gasteiger partial charge in [0.2, 0.25) is 0 Å². The van der Waals surface area contributed by atoms with Crippen molar-refractivity contribution in [3.63, 3.8) is 0 Å². The maximum atomic E-state index is 2.42. The van der Waals surface area contributed by atoms with Crippen molar-refractivity contribution < 1.29 is 28.5 Å². The van der Waals surface area contributed by atoms with Crippen LogP contribution >= 0.6 is 0 Å². The molecule has 0 atom stereocenters. The Kier molecular flexibility index (Phi) is 5.90. The van der Waals surface area contributed by atoms with Gasteiger partial charge in [0, 0.05) is 0 Å². The van der Waals surface area contributed by atoms with Crippen LogP contribution in [0, 0.1) is 0 Å². The van der Waals surface area contributed by atoms with Crippen molar-refractivity contribution in [1.82, 2.24) is 0 Å². The first kappa shape index (κ1) is 13.8. The van der Waals surface area contributed by atoms with Gasteiger partial charge in [-0.3, -0.25) is 0 Å². The van der Waals surface area contributed by atoms with E-state index in [1.165, 1.54) is 75.5 Å². The molecule has 1 saturated heterocycles. The molecule has 0 aromatic heterocycles. The molecule has 0 radical (unpaired) electrons. The predicted molar refractivity (Wildman–Crippen MR) is 61.3 cm³/mol. The van der Waals surface area contributed by atoms with Crippen molar-refractivity contribution in [2.24, 2.45) is 0 Å². The van der Waals surface area contributed by atoms with Crippen LogP contribution in [0.3, 0.4) is 0 Å². The van der Waals surface area contributed by atoms with Gasteiger partial charge in [0.1, 0.15) is 0 Å². The first-order valence-corrected chi connectivity index (χ1v) is 6.73. The second-order valence-corrected chi connectivity index (χ2v) is 5.33. The number of likely N-dealkylation sites (tertiary alicyclic amines) is 1. The maximum Gasteiger partial charge on any atom is 0.0890 e. The Morgan fingerprint density at radius 1 is 0.867 bits per heavy atom. The third-order valence-corrected chi connectivity index (χ3v) is 4.69. The lowest BCUT2D eigenvalue weighted by Crippen LogP contribution is -3.00. The molecule has 0 bridgehead atoms. The van der Waals surface area contributed by atoms with Crippen LogP contribution < -0.4 is 24.0 Å². The zero-order valence-electron chi connectivity index (χ0n) is 10.2. The van der Waals surface area contributed by atoms with Gasteiger partial charge in [0.05, 0.1) is 25.7 Å². The van der Waals surface area contributed by atoms with Gasteiger partial charge in [0.25, 0.3) is 0 Å². The van der Waals surface area contributed by atoms with E-state index >= 15 is 0 Å². The molecule has 0 N–H and O–H groups in total. The average molecular weight is 323 g/mol. The molecule has 1 saturated carbocycles. The molecule has 90 valence electrons. The molecule has 15 heavy (non-hydrogen) atoms. The number of hydrogen-bond acceptors (Lipinski definition) is 0. The highest BCUT2D eigenvalue weighted by Crippen LogP contribution is 2.31. The molecule has 0 amide bonds. The van der Waals surface area contributed by atoms with Crippen LogP contribution in [0.5, 0.6) is 0 Å². The molecule has 2 fully saturated rings. The molecule has 0 unspecified atom stereocenters. The van der Waals surface area contributed by atoms with Gasteiger partial charge in [0.15, 0.2) is 0 Å². The number of piperidine rings is 1. The first-order chi connectivity index (χ1) is 6.87. The summed E-state index contributed by atoms with van der Waals surface area (Å²) in [5.41, 5.74) is 0. The largest absolute Gasteiger partial charge is 1.00 e. The maximum absolute atomic E-state index is 2.42. The normalized spacial score (nSPS) is 27.0. The van der Waals surface area contributed by atoms with E-state index in [0.717, 1.165) is 6.04 Å². The van der Waals surface area contributed by atoms with Gasteiger partial charge < -0.3 is 28.5 Å². The van der Waals surface area contributed by atoms with Gasteiger partial charge >= 0.3 is 0 Å². The van der Waals surface area contributed by atoms with Crippen LogP contribution in [0.4, 0.5) is 0 Å². The van der Waals surface area contributed by atoms with E-state index in [-0.39, 0.29) is 24.0 Å². The Morgan fingerprint density at radius 3 is 1.93 bits per heavy atom. The standard InChI is InChI=1S/C13H26N.HI/c1-2-14(11-7-4-8-12-14)13-9-5-3-6-10-13;/h13H,2-12H2,1H3;1H/q+1;/p-1. The fourth-order valence-corrected chi connectivity index (χ4v) is 3.71. The summed E-state index contributed by atoms with van der Waals surface area (Å²) in [7, 11) is 0. The Hall–Kier alpha value is 0.690. The van der Waals surface area contributed by atoms with Crippen LogP contribution in [-0.2, 0) is 0 Å². The van der Waals surface area contributed by atoms with E-state index in [9.17, 15) is 0 Å². The van der Waals surface area contributed by atoms with Gasteiger partial charge in [-0.1, -0.05) is 6.42 Å². The van der Waals surface area contributed by atoms with Gasteiger partial charge in [-0.05, 0) is 51.9 Å². The summed E-state index contributed by atoms with van der Waals surface area (Å²) >= 11 is 0. The summed E-state index contributed by atoms with van der Waals surface area (Å²) < 4.78 is 1.49. The van der Waals surface area contributed by atoms with Crippen LogP contribution in [0.15, 0.2) is 0 Å². The lowest BCUT2D eigenvalue weighted by atomic mass is 9.90. The lowest BCUT2D eigenvalue weighted by Gasteiger charge is -2.48. The Balaban J connectivity index is 0.00000112. The molecule has 0 aromatic carbocycles. The number of nitrogens with zero attached hydrogens (tertiary/aromatic N) is 1. The highest BCUT2D eigenvalue weighted by atomic mass is 127. The van der Waals surface area contributed by atoms with Crippen molar-refractivity contribution in [3.05, 3.63) is 0 Å². The number of halogens is 1. The van der Waals surface area contributed by atoms with E-state index in [0.29, 0.717) is 0 Å². The minimum absolute atomic E-state index is 0. The van der Waals surface area contributed by atoms with Crippen molar-refractivity contribution in [2.45, 2.75) is 64.3 Å². The molecule has 0 spiro atoms. The van der Waals surface area contributed by atoms with Crippen molar-refractivity contribution >= 4 is 0 Å². The molecule has 2 heteroatoms. The third kappa shape index (κ3) is 3.09. The highest BCUT2D eigenvalue weighted by Gasteiger charge is 2.36. The monoisotopic (exact) mass is 323 g/mol. The predicted octanol–water partition coefficient (Wildman–Crippen LogP) is 0.344. The van der Waals surface area contributed by atoms with E-state index in [1.807, 2.05) is 0 Å². The SMILES string of the molecule is CC[N+]1(C2CCCCC2)CCCCC1.[I-]. The smallest absolute Gasteiger partial charge is 0.0890 e. The number of rotatable bonds is 2. The second-order valence-electron chi connectivity index (χ2n) is 5.33. The van der Waals surface area contributed by atoms with Crippen LogP contribution in [0.1, 0.15) is 58.3 Å². The summed E-state index contributed by atoms with van der Waals surface area (Å²) in [6.07, 6.45) is 12.0. The summed E-state index contributed by atoms with van der Waals surface area (Å²) in [5, 5.41) is 0. The lowest BCUT2D eigenvalue weighted by molar-refractivity contribution is -0.955. The second kappa shape index (κ2) is 6.43. The van der Waals surface area contributed by atoms with Crippen molar-refractivity contribution in [2.75, 3.05) is 19.6 Å². The van der Waals surface area contributed by atoms with E-state index in [4.69, 9.17) is 0 Å². The van der Waals surface area contributed by atoms with Gasteiger partial charge in [-0.15, -0.1) is 0 Å². The molecule has 1 aliphatic carbocycles. The summed E-state index contributed by atoms with van der Waals surface area (Å²) in [5.74, 6) is 0. The Morgan fingerprint density at radius 2 is 1.40 bits per heavy atom. The zero-order valence-corrected chi connectivity index (χ0v) is 12.3. The number of hydrogen-bond donors (Lipinski definition) is 0. The quantitative estimate of drug-likeness (QED) is 0.508. The van der Waals surface area contributed by atoms with E-state index < -0.39 is 0 Å². The van der Waals surface area contributed by atoms with Crippen molar-refractivity contribution in [1.29, 1.82) is 0 Å². The van der Waals surface area contributed by atoms with Gasteiger partial charge in [-0.25, -0.2) is 0 Å².